The highest BCUT2D eigenvalue weighted by molar-refractivity contribution is 7.12. The van der Waals surface area contributed by atoms with Gasteiger partial charge < -0.3 is 10.1 Å². The molecule has 2 aromatic rings. The molecule has 1 aromatic carbocycles. The Hall–Kier alpha value is -2.80. The third-order valence-corrected chi connectivity index (χ3v) is 6.61. The molecule has 1 heterocycles. The number of benzene rings is 1. The van der Waals surface area contributed by atoms with E-state index in [4.69, 9.17) is 4.74 Å². The van der Waals surface area contributed by atoms with E-state index in [1.807, 2.05) is 17.5 Å². The first-order chi connectivity index (χ1) is 15.5. The molecule has 170 valence electrons. The van der Waals surface area contributed by atoms with Crippen molar-refractivity contribution < 1.29 is 23.9 Å². The van der Waals surface area contributed by atoms with Crippen LogP contribution in [0.2, 0.25) is 0 Å². The number of Topliss-reactive ketones (excluding diaryl/α,β-unsaturated/α-hetero) is 2. The van der Waals surface area contributed by atoms with Gasteiger partial charge in [-0.05, 0) is 35.8 Å². The molecule has 0 spiro atoms. The van der Waals surface area contributed by atoms with Crippen LogP contribution in [0.3, 0.4) is 0 Å². The van der Waals surface area contributed by atoms with Crippen LogP contribution in [0.25, 0.3) is 0 Å². The van der Waals surface area contributed by atoms with Crippen LogP contribution in [0, 0.1) is 0 Å². The number of hydrogen-bond acceptors (Lipinski definition) is 6. The Kier molecular flexibility index (Phi) is 9.16. The zero-order valence-corrected chi connectivity index (χ0v) is 19.0. The van der Waals surface area contributed by atoms with E-state index < -0.39 is 5.97 Å². The topological polar surface area (TPSA) is 89.5 Å². The Balaban J connectivity index is 1.30. The van der Waals surface area contributed by atoms with Crippen LogP contribution >= 0.6 is 11.3 Å². The first kappa shape index (κ1) is 23.9. The molecule has 0 atom stereocenters. The fourth-order valence-corrected chi connectivity index (χ4v) is 4.55. The smallest absolute Gasteiger partial charge is 0.308 e. The van der Waals surface area contributed by atoms with Crippen molar-refractivity contribution in [2.24, 2.45) is 0 Å². The summed E-state index contributed by atoms with van der Waals surface area (Å²) in [5.41, 5.74) is 1.80. The second-order valence-electron chi connectivity index (χ2n) is 8.04. The third-order valence-electron chi connectivity index (χ3n) is 5.70. The first-order valence-electron chi connectivity index (χ1n) is 11.1. The van der Waals surface area contributed by atoms with Gasteiger partial charge in [0, 0.05) is 24.9 Å². The van der Waals surface area contributed by atoms with E-state index in [2.05, 4.69) is 5.32 Å². The second kappa shape index (κ2) is 12.3. The molecule has 1 amide bonds. The lowest BCUT2D eigenvalue weighted by atomic mass is 9.84. The zero-order valence-electron chi connectivity index (χ0n) is 18.1. The molecular weight excluding hydrogens is 426 g/mol. The van der Waals surface area contributed by atoms with Crippen LogP contribution in [0.15, 0.2) is 41.8 Å². The molecule has 7 heteroatoms. The number of thiophene rings is 1. The summed E-state index contributed by atoms with van der Waals surface area (Å²) in [5.74, 6) is -0.580. The predicted octanol–water partition coefficient (Wildman–Crippen LogP) is 4.69. The maximum Gasteiger partial charge on any atom is 0.308 e. The SMILES string of the molecule is O=C(CCC(=O)c1cccs1)NCCC(=O)OCC(=O)c1ccc(C2CCCCC2)cc1. The average Bonchev–Trinajstić information content (AvgIpc) is 3.37. The van der Waals surface area contributed by atoms with Gasteiger partial charge in [0.2, 0.25) is 5.91 Å². The van der Waals surface area contributed by atoms with Gasteiger partial charge in [0.1, 0.15) is 0 Å². The van der Waals surface area contributed by atoms with E-state index in [1.54, 1.807) is 24.3 Å². The van der Waals surface area contributed by atoms with Crippen LogP contribution in [-0.2, 0) is 14.3 Å². The largest absolute Gasteiger partial charge is 0.457 e. The van der Waals surface area contributed by atoms with Gasteiger partial charge in [-0.1, -0.05) is 49.6 Å². The summed E-state index contributed by atoms with van der Waals surface area (Å²) in [6, 6.07) is 11.1. The van der Waals surface area contributed by atoms with Crippen molar-refractivity contribution in [2.75, 3.05) is 13.2 Å². The molecule has 1 aliphatic carbocycles. The van der Waals surface area contributed by atoms with Crippen molar-refractivity contribution in [1.29, 1.82) is 0 Å². The second-order valence-corrected chi connectivity index (χ2v) is 8.99. The molecule has 0 radical (unpaired) electrons. The van der Waals surface area contributed by atoms with Crippen LogP contribution in [-0.4, -0.2) is 36.6 Å². The van der Waals surface area contributed by atoms with Gasteiger partial charge in [0.05, 0.1) is 11.3 Å². The van der Waals surface area contributed by atoms with Gasteiger partial charge in [-0.15, -0.1) is 11.3 Å². The Labute approximate surface area is 192 Å². The molecule has 1 aliphatic rings. The Morgan fingerprint density at radius 2 is 1.66 bits per heavy atom. The zero-order chi connectivity index (χ0) is 22.8. The summed E-state index contributed by atoms with van der Waals surface area (Å²) < 4.78 is 5.04. The molecule has 32 heavy (non-hydrogen) atoms. The van der Waals surface area contributed by atoms with Crippen LogP contribution in [0.4, 0.5) is 0 Å². The molecular formula is C25H29NO5S. The molecule has 6 nitrogen and oxygen atoms in total. The van der Waals surface area contributed by atoms with E-state index in [9.17, 15) is 19.2 Å². The van der Waals surface area contributed by atoms with Gasteiger partial charge in [-0.25, -0.2) is 0 Å². The van der Waals surface area contributed by atoms with Gasteiger partial charge in [0.15, 0.2) is 18.2 Å². The highest BCUT2D eigenvalue weighted by Crippen LogP contribution is 2.32. The molecule has 1 fully saturated rings. The fraction of sp³-hybridized carbons (Fsp3) is 0.440. The standard InChI is InChI=1S/C25H29NO5S/c27-21(23-7-4-16-32-23)12-13-24(29)26-15-14-25(30)31-17-22(28)20-10-8-19(9-11-20)18-5-2-1-3-6-18/h4,7-11,16,18H,1-3,5-6,12-15,17H2,(H,26,29). The van der Waals surface area contributed by atoms with E-state index >= 15 is 0 Å². The molecule has 3 rings (SSSR count). The van der Waals surface area contributed by atoms with Crippen molar-refractivity contribution >= 4 is 34.8 Å². The van der Waals surface area contributed by atoms with Crippen molar-refractivity contribution in [1.82, 2.24) is 5.32 Å². The summed E-state index contributed by atoms with van der Waals surface area (Å²) in [4.78, 5) is 48.5. The number of amides is 1. The normalized spacial score (nSPS) is 14.0. The summed E-state index contributed by atoms with van der Waals surface area (Å²) in [7, 11) is 0. The average molecular weight is 456 g/mol. The minimum absolute atomic E-state index is 0.0293. The highest BCUT2D eigenvalue weighted by Gasteiger charge is 2.16. The van der Waals surface area contributed by atoms with E-state index in [-0.39, 0.29) is 49.9 Å². The fourth-order valence-electron chi connectivity index (χ4n) is 3.86. The molecule has 0 unspecified atom stereocenters. The van der Waals surface area contributed by atoms with Crippen molar-refractivity contribution in [3.8, 4) is 0 Å². The number of ketones is 2. The third kappa shape index (κ3) is 7.41. The number of rotatable bonds is 11. The summed E-state index contributed by atoms with van der Waals surface area (Å²) in [6.45, 7) is -0.208. The van der Waals surface area contributed by atoms with Crippen molar-refractivity contribution in [2.45, 2.75) is 57.3 Å². The maximum absolute atomic E-state index is 12.3. The Bertz CT molecular complexity index is 914. The molecule has 0 bridgehead atoms. The molecule has 1 aromatic heterocycles. The van der Waals surface area contributed by atoms with Crippen molar-refractivity contribution in [3.05, 3.63) is 57.8 Å². The quantitative estimate of drug-likeness (QED) is 0.392. The van der Waals surface area contributed by atoms with E-state index in [0.717, 1.165) is 0 Å². The summed E-state index contributed by atoms with van der Waals surface area (Å²) >= 11 is 1.35. The monoisotopic (exact) mass is 455 g/mol. The van der Waals surface area contributed by atoms with E-state index in [0.29, 0.717) is 16.4 Å². The minimum atomic E-state index is -0.549. The number of hydrogen-bond donors (Lipinski definition) is 1. The predicted molar refractivity (Wildman–Crippen MR) is 123 cm³/mol. The minimum Gasteiger partial charge on any atom is -0.457 e. The van der Waals surface area contributed by atoms with Gasteiger partial charge in [-0.3, -0.25) is 19.2 Å². The number of nitrogens with one attached hydrogen (secondary N) is 1. The van der Waals surface area contributed by atoms with Crippen LogP contribution in [0.1, 0.15) is 82.9 Å². The van der Waals surface area contributed by atoms with Crippen LogP contribution in [0.5, 0.6) is 0 Å². The highest BCUT2D eigenvalue weighted by atomic mass is 32.1. The maximum atomic E-state index is 12.3. The molecule has 0 saturated heterocycles. The molecule has 1 N–H and O–H groups in total. The lowest BCUT2D eigenvalue weighted by Gasteiger charge is -2.22. The number of carbonyl (C=O) groups excluding carboxylic acids is 4. The van der Waals surface area contributed by atoms with Gasteiger partial charge >= 0.3 is 5.97 Å². The lowest BCUT2D eigenvalue weighted by molar-refractivity contribution is -0.142. The van der Waals surface area contributed by atoms with Crippen molar-refractivity contribution in [3.63, 3.8) is 0 Å². The number of ether oxygens (including phenoxy) is 1. The van der Waals surface area contributed by atoms with Crippen LogP contribution < -0.4 is 5.32 Å². The van der Waals surface area contributed by atoms with Gasteiger partial charge in [-0.2, -0.15) is 0 Å². The first-order valence-corrected chi connectivity index (χ1v) is 12.0. The molecule has 1 saturated carbocycles. The Morgan fingerprint density at radius 3 is 2.34 bits per heavy atom. The Morgan fingerprint density at radius 1 is 0.906 bits per heavy atom. The molecule has 0 aliphatic heterocycles. The number of carbonyl (C=O) groups is 4. The number of esters is 1. The van der Waals surface area contributed by atoms with E-state index in [1.165, 1.54) is 49.0 Å². The van der Waals surface area contributed by atoms with Gasteiger partial charge in [0.25, 0.3) is 0 Å². The summed E-state index contributed by atoms with van der Waals surface area (Å²) in [5, 5.41) is 4.41. The lowest BCUT2D eigenvalue weighted by Crippen LogP contribution is -2.27. The summed E-state index contributed by atoms with van der Waals surface area (Å²) in [6.07, 6.45) is 6.39.